The van der Waals surface area contributed by atoms with Crippen molar-refractivity contribution in [2.24, 2.45) is 0 Å². The van der Waals surface area contributed by atoms with Gasteiger partial charge in [-0.3, -0.25) is 9.78 Å². The summed E-state index contributed by atoms with van der Waals surface area (Å²) >= 11 is 6.08. The fraction of sp³-hybridized carbons (Fsp3) is 0.267. The molecule has 0 unspecified atom stereocenters. The van der Waals surface area contributed by atoms with Gasteiger partial charge in [0.2, 0.25) is 0 Å². The summed E-state index contributed by atoms with van der Waals surface area (Å²) in [6.45, 7) is 5.88. The van der Waals surface area contributed by atoms with E-state index in [1.807, 2.05) is 20.8 Å². The summed E-state index contributed by atoms with van der Waals surface area (Å²) in [5, 5.41) is 2.81. The Hall–Kier alpha value is -2.01. The Labute approximate surface area is 127 Å². The third-order valence-corrected chi connectivity index (χ3v) is 3.04. The molecule has 2 aromatic rings. The highest BCUT2D eigenvalue weighted by Crippen LogP contribution is 2.25. The van der Waals surface area contributed by atoms with Gasteiger partial charge < -0.3 is 5.32 Å². The number of rotatable bonds is 2. The smallest absolute Gasteiger partial charge is 0.275 e. The van der Waals surface area contributed by atoms with Crippen LogP contribution in [0.25, 0.3) is 0 Å². The topological polar surface area (TPSA) is 54.9 Å². The van der Waals surface area contributed by atoms with Gasteiger partial charge in [-0.05, 0) is 24.3 Å². The van der Waals surface area contributed by atoms with Crippen molar-refractivity contribution in [3.8, 4) is 0 Å². The van der Waals surface area contributed by atoms with Crippen LogP contribution in [0.15, 0.2) is 30.5 Å². The van der Waals surface area contributed by atoms with Crippen molar-refractivity contribution in [2.45, 2.75) is 26.2 Å². The number of anilines is 1. The van der Waals surface area contributed by atoms with Crippen LogP contribution in [0.1, 0.15) is 37.0 Å². The molecule has 0 saturated carbocycles. The molecule has 0 aliphatic rings. The van der Waals surface area contributed by atoms with Gasteiger partial charge >= 0.3 is 0 Å². The van der Waals surface area contributed by atoms with Crippen molar-refractivity contribution in [1.82, 2.24) is 9.97 Å². The fourth-order valence-corrected chi connectivity index (χ4v) is 2.13. The van der Waals surface area contributed by atoms with E-state index in [4.69, 9.17) is 11.6 Å². The average Bonchev–Trinajstić information content (AvgIpc) is 2.39. The second-order valence-electron chi connectivity index (χ2n) is 5.61. The largest absolute Gasteiger partial charge is 0.321 e. The lowest BCUT2D eigenvalue weighted by atomic mass is 9.92. The van der Waals surface area contributed by atoms with Crippen molar-refractivity contribution in [3.05, 3.63) is 52.8 Å². The van der Waals surface area contributed by atoms with E-state index in [0.717, 1.165) is 0 Å². The molecule has 0 aliphatic carbocycles. The van der Waals surface area contributed by atoms with Gasteiger partial charge in [0.15, 0.2) is 5.15 Å². The molecular weight excluding hydrogens is 293 g/mol. The van der Waals surface area contributed by atoms with E-state index in [-0.39, 0.29) is 22.1 Å². The second-order valence-corrected chi connectivity index (χ2v) is 5.96. The summed E-state index contributed by atoms with van der Waals surface area (Å²) in [6.07, 6.45) is 1.38. The molecular formula is C15H15ClFN3O. The van der Waals surface area contributed by atoms with Gasteiger partial charge in [0.1, 0.15) is 11.5 Å². The van der Waals surface area contributed by atoms with Crippen LogP contribution >= 0.6 is 11.6 Å². The van der Waals surface area contributed by atoms with E-state index >= 15 is 0 Å². The molecule has 1 N–H and O–H groups in total. The summed E-state index contributed by atoms with van der Waals surface area (Å²) in [6, 6.07) is 5.45. The number of nitrogens with one attached hydrogen (secondary N) is 1. The van der Waals surface area contributed by atoms with Crippen LogP contribution < -0.4 is 5.32 Å². The van der Waals surface area contributed by atoms with Crippen molar-refractivity contribution in [1.29, 1.82) is 0 Å². The first-order valence-corrected chi connectivity index (χ1v) is 6.75. The van der Waals surface area contributed by atoms with Gasteiger partial charge in [0.25, 0.3) is 5.91 Å². The second kappa shape index (κ2) is 5.77. The maximum absolute atomic E-state index is 12.8. The first-order valence-electron chi connectivity index (χ1n) is 6.37. The van der Waals surface area contributed by atoms with Crippen molar-refractivity contribution in [3.63, 3.8) is 0 Å². The highest BCUT2D eigenvalue weighted by molar-refractivity contribution is 6.30. The lowest BCUT2D eigenvalue weighted by molar-refractivity contribution is 0.102. The number of aromatic nitrogens is 2. The van der Waals surface area contributed by atoms with Crippen molar-refractivity contribution >= 4 is 23.2 Å². The lowest BCUT2D eigenvalue weighted by Gasteiger charge is -2.18. The van der Waals surface area contributed by atoms with Gasteiger partial charge in [0, 0.05) is 11.1 Å². The molecule has 0 atom stereocenters. The van der Waals surface area contributed by atoms with E-state index < -0.39 is 5.91 Å². The van der Waals surface area contributed by atoms with Gasteiger partial charge in [-0.25, -0.2) is 9.37 Å². The van der Waals surface area contributed by atoms with Crippen LogP contribution in [-0.4, -0.2) is 15.9 Å². The number of amides is 1. The number of carbonyl (C=O) groups is 1. The minimum Gasteiger partial charge on any atom is -0.321 e. The normalized spacial score (nSPS) is 11.3. The first kappa shape index (κ1) is 15.4. The van der Waals surface area contributed by atoms with E-state index in [9.17, 15) is 9.18 Å². The number of carbonyl (C=O) groups excluding carboxylic acids is 1. The summed E-state index contributed by atoms with van der Waals surface area (Å²) in [4.78, 5) is 20.3. The fourth-order valence-electron chi connectivity index (χ4n) is 1.71. The Morgan fingerprint density at radius 2 is 1.86 bits per heavy atom. The molecule has 0 spiro atoms. The number of hydrogen-bond donors (Lipinski definition) is 1. The molecule has 1 heterocycles. The predicted octanol–water partition coefficient (Wildman–Crippen LogP) is 3.82. The predicted molar refractivity (Wildman–Crippen MR) is 80.1 cm³/mol. The van der Waals surface area contributed by atoms with E-state index in [2.05, 4.69) is 15.3 Å². The Morgan fingerprint density at radius 1 is 1.24 bits per heavy atom. The minimum absolute atomic E-state index is 0.109. The minimum atomic E-state index is -0.448. The Kier molecular flexibility index (Phi) is 4.23. The van der Waals surface area contributed by atoms with E-state index in [1.54, 1.807) is 0 Å². The zero-order valence-electron chi connectivity index (χ0n) is 11.9. The zero-order valence-corrected chi connectivity index (χ0v) is 12.7. The monoisotopic (exact) mass is 307 g/mol. The maximum Gasteiger partial charge on any atom is 0.275 e. The van der Waals surface area contributed by atoms with Crippen LogP contribution in [0, 0.1) is 5.82 Å². The summed E-state index contributed by atoms with van der Waals surface area (Å²) in [5.41, 5.74) is 0.954. The molecule has 0 bridgehead atoms. The summed E-state index contributed by atoms with van der Waals surface area (Å²) < 4.78 is 12.8. The molecule has 110 valence electrons. The summed E-state index contributed by atoms with van der Waals surface area (Å²) in [7, 11) is 0. The molecule has 2 rings (SSSR count). The number of hydrogen-bond acceptors (Lipinski definition) is 3. The Bertz CT molecular complexity index is 666. The lowest BCUT2D eigenvalue weighted by Crippen LogP contribution is -2.19. The highest BCUT2D eigenvalue weighted by atomic mass is 35.5. The van der Waals surface area contributed by atoms with Crippen LogP contribution in [0.2, 0.25) is 5.15 Å². The molecule has 0 saturated heterocycles. The van der Waals surface area contributed by atoms with Gasteiger partial charge in [-0.1, -0.05) is 32.4 Å². The van der Waals surface area contributed by atoms with Crippen LogP contribution in [-0.2, 0) is 5.41 Å². The Morgan fingerprint density at radius 3 is 2.38 bits per heavy atom. The SMILES string of the molecule is CC(C)(C)c1ncc(C(=O)Nc2ccc(F)cc2)nc1Cl. The number of benzene rings is 1. The number of nitrogens with zero attached hydrogens (tertiary/aromatic N) is 2. The van der Waals surface area contributed by atoms with Crippen LogP contribution in [0.3, 0.4) is 0 Å². The molecule has 21 heavy (non-hydrogen) atoms. The molecule has 6 heteroatoms. The zero-order chi connectivity index (χ0) is 15.6. The highest BCUT2D eigenvalue weighted by Gasteiger charge is 2.21. The third kappa shape index (κ3) is 3.76. The Balaban J connectivity index is 2.20. The molecule has 0 radical (unpaired) electrons. The molecule has 0 aliphatic heterocycles. The third-order valence-electron chi connectivity index (χ3n) is 2.78. The van der Waals surface area contributed by atoms with Gasteiger partial charge in [-0.15, -0.1) is 0 Å². The molecule has 1 aromatic heterocycles. The maximum atomic E-state index is 12.8. The van der Waals surface area contributed by atoms with Gasteiger partial charge in [0.05, 0.1) is 11.9 Å². The van der Waals surface area contributed by atoms with Crippen LogP contribution in [0.5, 0.6) is 0 Å². The molecule has 4 nitrogen and oxygen atoms in total. The van der Waals surface area contributed by atoms with Crippen molar-refractivity contribution < 1.29 is 9.18 Å². The van der Waals surface area contributed by atoms with Crippen LogP contribution in [0.4, 0.5) is 10.1 Å². The van der Waals surface area contributed by atoms with Crippen molar-refractivity contribution in [2.75, 3.05) is 5.32 Å². The van der Waals surface area contributed by atoms with Gasteiger partial charge in [-0.2, -0.15) is 0 Å². The standard InChI is InChI=1S/C15H15ClFN3O/c1-15(2,3)12-13(16)20-11(8-18-12)14(21)19-10-6-4-9(17)5-7-10/h4-8H,1-3H3,(H,19,21). The van der Waals surface area contributed by atoms with E-state index in [0.29, 0.717) is 11.4 Å². The molecule has 1 amide bonds. The molecule has 1 aromatic carbocycles. The van der Waals surface area contributed by atoms with E-state index in [1.165, 1.54) is 30.5 Å². The summed E-state index contributed by atoms with van der Waals surface area (Å²) in [5.74, 6) is -0.818. The average molecular weight is 308 g/mol. The number of halogens is 2. The first-order chi connectivity index (χ1) is 9.77. The molecule has 0 fully saturated rings. The quantitative estimate of drug-likeness (QED) is 0.917.